The molecule has 3 N–H and O–H groups in total. The highest BCUT2D eigenvalue weighted by molar-refractivity contribution is 7.99. The van der Waals surface area contributed by atoms with Gasteiger partial charge >= 0.3 is 0 Å². The summed E-state index contributed by atoms with van der Waals surface area (Å²) in [5.74, 6) is 0.00478. The van der Waals surface area contributed by atoms with Crippen LogP contribution in [-0.2, 0) is 27.4 Å². The lowest BCUT2D eigenvalue weighted by Gasteiger charge is -2.36. The van der Waals surface area contributed by atoms with Crippen molar-refractivity contribution < 1.29 is 24.5 Å². The molecule has 10 nitrogen and oxygen atoms in total. The molecule has 0 bridgehead atoms. The van der Waals surface area contributed by atoms with Crippen LogP contribution in [0.25, 0.3) is 16.8 Å². The molecule has 1 saturated heterocycles. The van der Waals surface area contributed by atoms with Crippen LogP contribution in [0.2, 0.25) is 0 Å². The van der Waals surface area contributed by atoms with Crippen molar-refractivity contribution in [3.8, 4) is 22.6 Å². The number of aromatic nitrogens is 4. The molecule has 5 aromatic rings. The van der Waals surface area contributed by atoms with E-state index in [0.29, 0.717) is 17.3 Å². The maximum Gasteiger partial charge on any atom is 0.272 e. The number of phenolic OH excluding ortho intramolecular Hbond substituents is 1. The number of phenols is 1. The Labute approximate surface area is 295 Å². The van der Waals surface area contributed by atoms with E-state index in [1.54, 1.807) is 28.9 Å². The van der Waals surface area contributed by atoms with Gasteiger partial charge in [0, 0.05) is 24.3 Å². The maximum atomic E-state index is 12.0. The van der Waals surface area contributed by atoms with E-state index in [4.69, 9.17) is 44.3 Å². The summed E-state index contributed by atoms with van der Waals surface area (Å²) < 4.78 is 12.7. The molecule has 0 spiro atoms. The standard InChI is InChI=1S/C34H30Cl3N5O5S/c35-34(36,37)32(45)38-18-22-3-1-4-24(15-22)25-5-2-6-26(16-25)31-46-29(17-30(47-31)23-9-7-21(19-43)8-10-23)20-48-33-39-40-41-42(33)27-11-13-28(44)14-12-27/h1-16,29-31,43-44H,17-20H2,(H,38,45). The molecule has 248 valence electrons. The third kappa shape index (κ3) is 8.48. The maximum absolute atomic E-state index is 12.0. The number of rotatable bonds is 10. The molecular weight excluding hydrogens is 697 g/mol. The van der Waals surface area contributed by atoms with Gasteiger partial charge in [-0.15, -0.1) is 5.10 Å². The van der Waals surface area contributed by atoms with Crippen LogP contribution in [0.1, 0.15) is 41.1 Å². The summed E-state index contributed by atoms with van der Waals surface area (Å²) in [5.41, 5.74) is 6.05. The lowest BCUT2D eigenvalue weighted by atomic mass is 9.99. The Kier molecular flexibility index (Phi) is 10.9. The lowest BCUT2D eigenvalue weighted by Crippen LogP contribution is -2.33. The number of nitrogens with one attached hydrogen (secondary N) is 1. The van der Waals surface area contributed by atoms with Crippen LogP contribution < -0.4 is 5.32 Å². The largest absolute Gasteiger partial charge is 0.508 e. The van der Waals surface area contributed by atoms with Gasteiger partial charge in [0.15, 0.2) is 6.29 Å². The number of hydrogen-bond donors (Lipinski definition) is 3. The monoisotopic (exact) mass is 725 g/mol. The number of nitrogens with zero attached hydrogens (tertiary/aromatic N) is 4. The first-order valence-electron chi connectivity index (χ1n) is 14.9. The summed E-state index contributed by atoms with van der Waals surface area (Å²) in [7, 11) is 0. The molecule has 0 saturated carbocycles. The molecule has 1 aliphatic rings. The fraction of sp³-hybridized carbons (Fsp3) is 0.235. The number of alkyl halides is 3. The first-order valence-corrected chi connectivity index (χ1v) is 17.0. The van der Waals surface area contributed by atoms with Crippen molar-refractivity contribution in [2.45, 2.75) is 47.0 Å². The third-order valence-corrected chi connectivity index (χ3v) is 9.24. The van der Waals surface area contributed by atoms with Crippen molar-refractivity contribution >= 4 is 52.5 Å². The van der Waals surface area contributed by atoms with Crippen molar-refractivity contribution in [1.82, 2.24) is 25.5 Å². The highest BCUT2D eigenvalue weighted by atomic mass is 35.6. The molecule has 48 heavy (non-hydrogen) atoms. The molecule has 1 fully saturated rings. The normalized spacial score (nSPS) is 18.0. The number of amides is 1. The van der Waals surface area contributed by atoms with Crippen molar-refractivity contribution in [1.29, 1.82) is 0 Å². The van der Waals surface area contributed by atoms with Gasteiger partial charge in [-0.05, 0) is 74.6 Å². The zero-order valence-corrected chi connectivity index (χ0v) is 28.3. The zero-order valence-electron chi connectivity index (χ0n) is 25.2. The van der Waals surface area contributed by atoms with E-state index < -0.39 is 16.0 Å². The average molecular weight is 727 g/mol. The number of carbonyl (C=O) groups is 1. The van der Waals surface area contributed by atoms with Crippen LogP contribution in [-0.4, -0.2) is 52.0 Å². The summed E-state index contributed by atoms with van der Waals surface area (Å²) >= 11 is 18.5. The van der Waals surface area contributed by atoms with E-state index in [1.807, 2.05) is 72.8 Å². The van der Waals surface area contributed by atoms with Gasteiger partial charge < -0.3 is 25.0 Å². The topological polar surface area (TPSA) is 132 Å². The Morgan fingerprint density at radius 2 is 1.65 bits per heavy atom. The van der Waals surface area contributed by atoms with Gasteiger partial charge in [-0.3, -0.25) is 4.79 Å². The van der Waals surface area contributed by atoms with Crippen LogP contribution in [0.3, 0.4) is 0 Å². The van der Waals surface area contributed by atoms with E-state index in [9.17, 15) is 15.0 Å². The minimum Gasteiger partial charge on any atom is -0.508 e. The predicted octanol–water partition coefficient (Wildman–Crippen LogP) is 6.85. The number of halogens is 3. The number of tetrazole rings is 1. The second-order valence-corrected chi connectivity index (χ2v) is 14.3. The lowest BCUT2D eigenvalue weighted by molar-refractivity contribution is -0.245. The molecule has 3 unspecified atom stereocenters. The number of aliphatic hydroxyl groups excluding tert-OH is 1. The molecular formula is C34H30Cl3N5O5S. The van der Waals surface area contributed by atoms with Crippen LogP contribution in [0.4, 0.5) is 0 Å². The summed E-state index contributed by atoms with van der Waals surface area (Å²) in [6.07, 6.45) is -0.588. The summed E-state index contributed by atoms with van der Waals surface area (Å²) in [5, 5.41) is 34.7. The smallest absolute Gasteiger partial charge is 0.272 e. The van der Waals surface area contributed by atoms with Crippen molar-refractivity contribution in [2.24, 2.45) is 0 Å². The number of ether oxygens (including phenoxy) is 2. The second-order valence-electron chi connectivity index (χ2n) is 11.1. The molecule has 2 heterocycles. The van der Waals surface area contributed by atoms with Gasteiger partial charge in [0.05, 0.1) is 24.5 Å². The predicted molar refractivity (Wildman–Crippen MR) is 184 cm³/mol. The van der Waals surface area contributed by atoms with Gasteiger partial charge in [0.1, 0.15) is 5.75 Å². The Morgan fingerprint density at radius 3 is 2.38 bits per heavy atom. The molecule has 14 heteroatoms. The minimum absolute atomic E-state index is 0.0418. The van der Waals surface area contributed by atoms with E-state index >= 15 is 0 Å². The number of benzene rings is 4. The number of aliphatic hydroxyl groups is 1. The van der Waals surface area contributed by atoms with Crippen LogP contribution in [0.15, 0.2) is 102 Å². The summed E-state index contributed by atoms with van der Waals surface area (Å²) in [6, 6.07) is 30.0. The van der Waals surface area contributed by atoms with Gasteiger partial charge in [-0.2, -0.15) is 4.68 Å². The van der Waals surface area contributed by atoms with Gasteiger partial charge in [0.2, 0.25) is 5.16 Å². The number of aromatic hydroxyl groups is 1. The first kappa shape index (κ1) is 34.2. The molecule has 0 aliphatic carbocycles. The van der Waals surface area contributed by atoms with Gasteiger partial charge in [0.25, 0.3) is 9.70 Å². The Morgan fingerprint density at radius 1 is 0.917 bits per heavy atom. The Bertz CT molecular complexity index is 1850. The van der Waals surface area contributed by atoms with E-state index in [0.717, 1.165) is 39.1 Å². The summed E-state index contributed by atoms with van der Waals surface area (Å²) in [4.78, 5) is 12.0. The van der Waals surface area contributed by atoms with E-state index in [1.165, 1.54) is 11.8 Å². The number of hydrogen-bond acceptors (Lipinski definition) is 9. The van der Waals surface area contributed by atoms with E-state index in [-0.39, 0.29) is 31.1 Å². The molecule has 1 amide bonds. The van der Waals surface area contributed by atoms with Crippen LogP contribution in [0.5, 0.6) is 5.75 Å². The van der Waals surface area contributed by atoms with Gasteiger partial charge in [-0.25, -0.2) is 0 Å². The van der Waals surface area contributed by atoms with Crippen molar-refractivity contribution in [3.63, 3.8) is 0 Å². The first-order chi connectivity index (χ1) is 23.2. The fourth-order valence-electron chi connectivity index (χ4n) is 5.22. The fourth-order valence-corrected chi connectivity index (χ4v) is 6.33. The number of carbonyl (C=O) groups excluding carboxylic acids is 1. The highest BCUT2D eigenvalue weighted by Crippen LogP contribution is 2.40. The Balaban J connectivity index is 1.22. The molecule has 0 radical (unpaired) electrons. The van der Waals surface area contributed by atoms with Gasteiger partial charge in [-0.1, -0.05) is 107 Å². The average Bonchev–Trinajstić information content (AvgIpc) is 3.58. The SMILES string of the molecule is O=C(NCc1cccc(-c2cccc(C3OC(CSc4nnnn4-c4ccc(O)cc4)CC(c4ccc(CO)cc4)O3)c2)c1)C(Cl)(Cl)Cl. The number of thioether (sulfide) groups is 1. The summed E-state index contributed by atoms with van der Waals surface area (Å²) in [6.45, 7) is 0.154. The van der Waals surface area contributed by atoms with Crippen molar-refractivity contribution in [3.05, 3.63) is 119 Å². The van der Waals surface area contributed by atoms with E-state index in [2.05, 4.69) is 20.8 Å². The Hall–Kier alpha value is -3.68. The van der Waals surface area contributed by atoms with Crippen LogP contribution in [0, 0.1) is 0 Å². The molecule has 6 rings (SSSR count). The molecule has 4 aromatic carbocycles. The van der Waals surface area contributed by atoms with Crippen molar-refractivity contribution in [2.75, 3.05) is 5.75 Å². The molecule has 3 atom stereocenters. The third-order valence-electron chi connectivity index (χ3n) is 7.68. The quantitative estimate of drug-likeness (QED) is 0.104. The minimum atomic E-state index is -2.04. The molecule has 1 aromatic heterocycles. The van der Waals surface area contributed by atoms with Crippen LogP contribution >= 0.6 is 46.6 Å². The highest BCUT2D eigenvalue weighted by Gasteiger charge is 2.33. The zero-order chi connectivity index (χ0) is 33.7. The molecule has 1 aliphatic heterocycles. The second kappa shape index (κ2) is 15.3.